The third-order valence-corrected chi connectivity index (χ3v) is 4.24. The summed E-state index contributed by atoms with van der Waals surface area (Å²) in [6.45, 7) is 4.07. The van der Waals surface area contributed by atoms with E-state index in [9.17, 15) is 13.6 Å². The quantitative estimate of drug-likeness (QED) is 0.528. The molecule has 1 aromatic carbocycles. The zero-order valence-electron chi connectivity index (χ0n) is 15.4. The van der Waals surface area contributed by atoms with Crippen LogP contribution in [0.25, 0.3) is 0 Å². The van der Waals surface area contributed by atoms with Crippen LogP contribution < -0.4 is 4.74 Å². The van der Waals surface area contributed by atoms with E-state index >= 15 is 0 Å². The molecule has 2 aromatic rings. The highest BCUT2D eigenvalue weighted by Crippen LogP contribution is 2.30. The number of hydrazone groups is 1. The molecule has 1 unspecified atom stereocenters. The van der Waals surface area contributed by atoms with Crippen molar-refractivity contribution in [2.45, 2.75) is 25.3 Å². The van der Waals surface area contributed by atoms with Gasteiger partial charge in [0, 0.05) is 30.3 Å². The lowest BCUT2D eigenvalue weighted by atomic mass is 10.0. The average molecular weight is 397 g/mol. The molecule has 0 spiro atoms. The van der Waals surface area contributed by atoms with Gasteiger partial charge in [0.15, 0.2) is 5.69 Å². The number of amides is 1. The van der Waals surface area contributed by atoms with Gasteiger partial charge in [-0.05, 0) is 36.6 Å². The number of aromatic nitrogens is 2. The number of halogens is 2. The molecule has 0 N–H and O–H groups in total. The molecule has 0 fully saturated rings. The highest BCUT2D eigenvalue weighted by atomic mass is 19.1. The van der Waals surface area contributed by atoms with Crippen molar-refractivity contribution in [2.24, 2.45) is 5.10 Å². The number of nitrogens with zero attached hydrogens (tertiary/aromatic N) is 5. The first-order chi connectivity index (χ1) is 14.0. The summed E-state index contributed by atoms with van der Waals surface area (Å²) in [4.78, 5) is 12.7. The number of rotatable bonds is 7. The zero-order valence-corrected chi connectivity index (χ0v) is 15.4. The summed E-state index contributed by atoms with van der Waals surface area (Å²) in [5.74, 6) is -1.55. The molecular weight excluding hydrogens is 380 g/mol. The van der Waals surface area contributed by atoms with Crippen LogP contribution in [0, 0.1) is 23.0 Å². The molecular formula is C20H17F2N5O2. The minimum absolute atomic E-state index is 0.190. The summed E-state index contributed by atoms with van der Waals surface area (Å²) >= 11 is 0. The van der Waals surface area contributed by atoms with E-state index in [0.717, 1.165) is 6.07 Å². The van der Waals surface area contributed by atoms with E-state index in [4.69, 9.17) is 10.00 Å². The van der Waals surface area contributed by atoms with Gasteiger partial charge >= 0.3 is 0 Å². The van der Waals surface area contributed by atoms with Gasteiger partial charge in [-0.3, -0.25) is 4.79 Å². The molecule has 1 aromatic heterocycles. The van der Waals surface area contributed by atoms with E-state index in [1.54, 1.807) is 0 Å². The van der Waals surface area contributed by atoms with Gasteiger partial charge in [-0.15, -0.1) is 10.2 Å². The maximum Gasteiger partial charge on any atom is 0.269 e. The maximum absolute atomic E-state index is 13.5. The second-order valence-electron chi connectivity index (χ2n) is 6.33. The first kappa shape index (κ1) is 20.1. The Morgan fingerprint density at radius 3 is 2.69 bits per heavy atom. The first-order valence-corrected chi connectivity index (χ1v) is 8.84. The molecule has 29 heavy (non-hydrogen) atoms. The van der Waals surface area contributed by atoms with E-state index in [0.29, 0.717) is 30.4 Å². The Morgan fingerprint density at radius 2 is 2.03 bits per heavy atom. The first-order valence-electron chi connectivity index (χ1n) is 8.84. The van der Waals surface area contributed by atoms with Crippen LogP contribution in [-0.2, 0) is 4.79 Å². The monoisotopic (exact) mass is 397 g/mol. The van der Waals surface area contributed by atoms with Crippen molar-refractivity contribution in [1.82, 2.24) is 15.2 Å². The van der Waals surface area contributed by atoms with Gasteiger partial charge in [-0.2, -0.15) is 10.4 Å². The van der Waals surface area contributed by atoms with Gasteiger partial charge in [-0.1, -0.05) is 6.58 Å². The van der Waals surface area contributed by atoms with Gasteiger partial charge < -0.3 is 4.74 Å². The van der Waals surface area contributed by atoms with Crippen molar-refractivity contribution in [3.63, 3.8) is 0 Å². The highest BCUT2D eigenvalue weighted by Gasteiger charge is 2.30. The number of carbonyl (C=O) groups excluding carboxylic acids is 1. The second kappa shape index (κ2) is 9.01. The van der Waals surface area contributed by atoms with Crippen molar-refractivity contribution in [3.8, 4) is 11.9 Å². The third kappa shape index (κ3) is 4.99. The van der Waals surface area contributed by atoms with E-state index < -0.39 is 23.6 Å². The standard InChI is InChI=1S/C20H17F2N5O2/c1-13(3-2-8-29-19-5-4-17(12-23)25-26-19)20(28)27-18(6-7-24-27)14-9-15(21)11-16(22)10-14/h4-5,7,9-11,18H,1-3,6,8H2. The van der Waals surface area contributed by atoms with Crippen LogP contribution in [0.5, 0.6) is 5.88 Å². The third-order valence-electron chi connectivity index (χ3n) is 4.24. The normalized spacial score (nSPS) is 15.2. The Hall–Kier alpha value is -3.67. The lowest BCUT2D eigenvalue weighted by molar-refractivity contribution is -0.129. The van der Waals surface area contributed by atoms with Gasteiger partial charge in [0.05, 0.1) is 12.6 Å². The SMILES string of the molecule is C=C(CCCOc1ccc(C#N)nn1)C(=O)N1N=CCC1c1cc(F)cc(F)c1. The molecule has 0 bridgehead atoms. The van der Waals surface area contributed by atoms with Crippen molar-refractivity contribution < 1.29 is 18.3 Å². The minimum Gasteiger partial charge on any atom is -0.477 e. The zero-order chi connectivity index (χ0) is 20.8. The fourth-order valence-electron chi connectivity index (χ4n) is 2.84. The Balaban J connectivity index is 1.52. The Kier molecular flexibility index (Phi) is 6.24. The van der Waals surface area contributed by atoms with Gasteiger partial charge in [0.1, 0.15) is 17.7 Å². The average Bonchev–Trinajstić information content (AvgIpc) is 3.20. The Morgan fingerprint density at radius 1 is 1.28 bits per heavy atom. The molecule has 3 rings (SSSR count). The number of carbonyl (C=O) groups is 1. The molecule has 1 amide bonds. The topological polar surface area (TPSA) is 91.5 Å². The van der Waals surface area contributed by atoms with Crippen LogP contribution >= 0.6 is 0 Å². The molecule has 0 saturated carbocycles. The summed E-state index contributed by atoms with van der Waals surface area (Å²) in [5, 5.41) is 21.3. The summed E-state index contributed by atoms with van der Waals surface area (Å²) in [6.07, 6.45) is 2.73. The minimum atomic E-state index is -0.707. The smallest absolute Gasteiger partial charge is 0.269 e. The molecule has 1 atom stereocenters. The summed E-state index contributed by atoms with van der Waals surface area (Å²) in [5.41, 5.74) is 0.833. The van der Waals surface area contributed by atoms with Crippen molar-refractivity contribution in [2.75, 3.05) is 6.61 Å². The molecule has 2 heterocycles. The number of hydrogen-bond donors (Lipinski definition) is 0. The fraction of sp³-hybridized carbons (Fsp3) is 0.250. The predicted octanol–water partition coefficient (Wildman–Crippen LogP) is 3.30. The summed E-state index contributed by atoms with van der Waals surface area (Å²) < 4.78 is 32.4. The molecule has 0 saturated heterocycles. The number of nitriles is 1. The Bertz CT molecular complexity index is 965. The predicted molar refractivity (Wildman–Crippen MR) is 99.7 cm³/mol. The molecule has 0 aliphatic carbocycles. The van der Waals surface area contributed by atoms with Crippen LogP contribution in [0.3, 0.4) is 0 Å². The van der Waals surface area contributed by atoms with Crippen molar-refractivity contribution in [1.29, 1.82) is 5.26 Å². The lowest BCUT2D eigenvalue weighted by Gasteiger charge is -2.23. The van der Waals surface area contributed by atoms with E-state index in [1.165, 1.54) is 35.5 Å². The van der Waals surface area contributed by atoms with Crippen LogP contribution in [0.15, 0.2) is 47.6 Å². The largest absolute Gasteiger partial charge is 0.477 e. The molecule has 0 radical (unpaired) electrons. The van der Waals surface area contributed by atoms with Gasteiger partial charge in [0.25, 0.3) is 5.91 Å². The van der Waals surface area contributed by atoms with Crippen LogP contribution in [0.2, 0.25) is 0 Å². The molecule has 7 nitrogen and oxygen atoms in total. The molecule has 1 aliphatic heterocycles. The fourth-order valence-corrected chi connectivity index (χ4v) is 2.84. The van der Waals surface area contributed by atoms with Crippen LogP contribution in [0.1, 0.15) is 36.6 Å². The molecule has 9 heteroatoms. The van der Waals surface area contributed by atoms with Crippen LogP contribution in [-0.4, -0.2) is 33.9 Å². The summed E-state index contributed by atoms with van der Waals surface area (Å²) in [7, 11) is 0. The number of benzene rings is 1. The maximum atomic E-state index is 13.5. The molecule has 1 aliphatic rings. The highest BCUT2D eigenvalue weighted by molar-refractivity contribution is 5.94. The number of ether oxygens (including phenoxy) is 1. The van der Waals surface area contributed by atoms with Gasteiger partial charge in [-0.25, -0.2) is 13.8 Å². The number of hydrogen-bond acceptors (Lipinski definition) is 6. The van der Waals surface area contributed by atoms with E-state index in [2.05, 4.69) is 21.9 Å². The Labute approximate surface area is 165 Å². The van der Waals surface area contributed by atoms with Crippen molar-refractivity contribution in [3.05, 3.63) is 65.4 Å². The lowest BCUT2D eigenvalue weighted by Crippen LogP contribution is -2.28. The van der Waals surface area contributed by atoms with Crippen LogP contribution in [0.4, 0.5) is 8.78 Å². The molecule has 148 valence electrons. The van der Waals surface area contributed by atoms with Crippen molar-refractivity contribution >= 4 is 12.1 Å². The van der Waals surface area contributed by atoms with E-state index in [-0.39, 0.29) is 18.2 Å². The van der Waals surface area contributed by atoms with E-state index in [1.807, 2.05) is 6.07 Å². The summed E-state index contributed by atoms with van der Waals surface area (Å²) in [6, 6.07) is 7.48. The van der Waals surface area contributed by atoms with Gasteiger partial charge in [0.2, 0.25) is 5.88 Å². The second-order valence-corrected chi connectivity index (χ2v) is 6.33.